The molecule has 3 rings (SSSR count). The van der Waals surface area contributed by atoms with Gasteiger partial charge in [0.2, 0.25) is 19.7 Å². The largest absolute Gasteiger partial charge is 0.466 e. The molecule has 0 aliphatic carbocycles. The van der Waals surface area contributed by atoms with E-state index in [4.69, 9.17) is 0 Å². The first-order chi connectivity index (χ1) is 12.6. The van der Waals surface area contributed by atoms with Crippen molar-refractivity contribution in [3.05, 3.63) is 72.3 Å². The van der Waals surface area contributed by atoms with Crippen LogP contribution < -0.4 is 0 Å². The molecule has 9 heteroatoms. The normalized spacial score (nSPS) is 19.6. The molecule has 0 spiro atoms. The molecule has 1 aliphatic rings. The summed E-state index contributed by atoms with van der Waals surface area (Å²) in [6, 6.07) is 11.8. The molecule has 0 saturated heterocycles. The SMILES string of the molecule is C=C(C(=O)OC)[C@@H](c1ccccc1)C1(F)S(=O)(=O)c2ccccc2S1(=O)=O. The van der Waals surface area contributed by atoms with Crippen molar-refractivity contribution >= 4 is 25.6 Å². The minimum Gasteiger partial charge on any atom is -0.466 e. The molecule has 0 bridgehead atoms. The van der Waals surface area contributed by atoms with Crippen LogP contribution in [0.5, 0.6) is 0 Å². The Bertz CT molecular complexity index is 1080. The van der Waals surface area contributed by atoms with E-state index in [9.17, 15) is 21.6 Å². The summed E-state index contributed by atoms with van der Waals surface area (Å²) < 4.78 is 69.0. The number of sulfone groups is 2. The molecule has 2 aromatic rings. The highest BCUT2D eigenvalue weighted by molar-refractivity contribution is 8.12. The summed E-state index contributed by atoms with van der Waals surface area (Å²) in [6.45, 7) is 3.44. The lowest BCUT2D eigenvalue weighted by Gasteiger charge is -2.29. The summed E-state index contributed by atoms with van der Waals surface area (Å²) in [5.41, 5.74) is -0.651. The van der Waals surface area contributed by atoms with Gasteiger partial charge in [-0.05, 0) is 17.7 Å². The maximum absolute atomic E-state index is 16.3. The number of ether oxygens (including phenoxy) is 1. The van der Waals surface area contributed by atoms with Crippen LogP contribution in [0, 0.1) is 0 Å². The maximum Gasteiger partial charge on any atom is 0.333 e. The zero-order valence-electron chi connectivity index (χ0n) is 14.1. The van der Waals surface area contributed by atoms with Crippen molar-refractivity contribution in [2.45, 2.75) is 20.0 Å². The highest BCUT2D eigenvalue weighted by Gasteiger charge is 2.69. The van der Waals surface area contributed by atoms with Gasteiger partial charge in [0, 0.05) is 5.57 Å². The highest BCUT2D eigenvalue weighted by atomic mass is 32.3. The van der Waals surface area contributed by atoms with Crippen molar-refractivity contribution in [3.63, 3.8) is 0 Å². The lowest BCUT2D eigenvalue weighted by molar-refractivity contribution is -0.136. The molecular weight excluding hydrogens is 395 g/mol. The van der Waals surface area contributed by atoms with Gasteiger partial charge in [-0.15, -0.1) is 0 Å². The van der Waals surface area contributed by atoms with Gasteiger partial charge in [-0.25, -0.2) is 26.0 Å². The summed E-state index contributed by atoms with van der Waals surface area (Å²) in [5, 5.41) is 0. The second-order valence-corrected chi connectivity index (χ2v) is 10.2. The molecular formula is C18H15FO6S2. The predicted octanol–water partition coefficient (Wildman–Crippen LogP) is 2.38. The van der Waals surface area contributed by atoms with E-state index in [2.05, 4.69) is 11.3 Å². The van der Waals surface area contributed by atoms with E-state index in [0.717, 1.165) is 19.2 Å². The van der Waals surface area contributed by atoms with Crippen LogP contribution in [0.4, 0.5) is 4.39 Å². The molecule has 0 saturated carbocycles. The van der Waals surface area contributed by atoms with Crippen LogP contribution in [-0.4, -0.2) is 34.2 Å². The Labute approximate surface area is 156 Å². The number of carbonyl (C=O) groups is 1. The number of methoxy groups -OCH3 is 1. The Morgan fingerprint density at radius 3 is 1.85 bits per heavy atom. The van der Waals surface area contributed by atoms with Crippen molar-refractivity contribution in [2.24, 2.45) is 0 Å². The summed E-state index contributed by atoms with van der Waals surface area (Å²) in [5.74, 6) is -3.12. The quantitative estimate of drug-likeness (QED) is 0.567. The third-order valence-corrected chi connectivity index (χ3v) is 9.69. The van der Waals surface area contributed by atoms with E-state index < -0.39 is 51.3 Å². The number of halogens is 1. The third-order valence-electron chi connectivity index (χ3n) is 4.43. The summed E-state index contributed by atoms with van der Waals surface area (Å²) in [7, 11) is -9.02. The zero-order chi connectivity index (χ0) is 20.0. The monoisotopic (exact) mass is 410 g/mol. The van der Waals surface area contributed by atoms with Crippen molar-refractivity contribution in [3.8, 4) is 0 Å². The molecule has 142 valence electrons. The molecule has 0 aromatic heterocycles. The van der Waals surface area contributed by atoms with Gasteiger partial charge in [0.1, 0.15) is 0 Å². The number of benzene rings is 2. The van der Waals surface area contributed by atoms with E-state index in [1.54, 1.807) is 6.07 Å². The molecule has 0 radical (unpaired) electrons. The van der Waals surface area contributed by atoms with Gasteiger partial charge < -0.3 is 4.74 Å². The average molecular weight is 410 g/mol. The second kappa shape index (κ2) is 6.28. The summed E-state index contributed by atoms with van der Waals surface area (Å²) in [4.78, 5) is 10.7. The van der Waals surface area contributed by atoms with E-state index >= 15 is 4.39 Å². The lowest BCUT2D eigenvalue weighted by atomic mass is 9.92. The van der Waals surface area contributed by atoms with Crippen LogP contribution in [0.2, 0.25) is 0 Å². The van der Waals surface area contributed by atoms with Crippen LogP contribution >= 0.6 is 0 Å². The van der Waals surface area contributed by atoms with E-state index in [0.29, 0.717) is 0 Å². The average Bonchev–Trinajstić information content (AvgIpc) is 2.78. The smallest absolute Gasteiger partial charge is 0.333 e. The van der Waals surface area contributed by atoms with E-state index in [1.165, 1.54) is 36.4 Å². The van der Waals surface area contributed by atoms with Crippen LogP contribution in [0.15, 0.2) is 76.5 Å². The fourth-order valence-corrected chi connectivity index (χ4v) is 8.46. The number of carbonyl (C=O) groups excluding carboxylic acids is 1. The van der Waals surface area contributed by atoms with Gasteiger partial charge in [-0.1, -0.05) is 49.0 Å². The number of esters is 1. The minimum atomic E-state index is -5.01. The van der Waals surface area contributed by atoms with Crippen LogP contribution in [0.25, 0.3) is 0 Å². The van der Waals surface area contributed by atoms with Gasteiger partial charge in [0.05, 0.1) is 22.8 Å². The van der Waals surface area contributed by atoms with Crippen molar-refractivity contribution in [1.82, 2.24) is 0 Å². The van der Waals surface area contributed by atoms with Crippen molar-refractivity contribution < 1.29 is 30.8 Å². The number of alkyl halides is 1. The van der Waals surface area contributed by atoms with Gasteiger partial charge in [0.15, 0.2) is 0 Å². The fraction of sp³-hybridized carbons (Fsp3) is 0.167. The molecule has 0 unspecified atom stereocenters. The van der Waals surface area contributed by atoms with Crippen LogP contribution in [0.1, 0.15) is 11.5 Å². The molecule has 2 aromatic carbocycles. The minimum absolute atomic E-state index is 0.0321. The van der Waals surface area contributed by atoms with Crippen LogP contribution in [-0.2, 0) is 29.2 Å². The van der Waals surface area contributed by atoms with Gasteiger partial charge in [0.25, 0.3) is 0 Å². The highest BCUT2D eigenvalue weighted by Crippen LogP contribution is 2.55. The molecule has 0 N–H and O–H groups in total. The number of hydrogen-bond acceptors (Lipinski definition) is 6. The molecule has 6 nitrogen and oxygen atoms in total. The Morgan fingerprint density at radius 2 is 1.41 bits per heavy atom. The Hall–Kier alpha value is -2.52. The third kappa shape index (κ3) is 2.45. The number of rotatable bonds is 4. The maximum atomic E-state index is 16.3. The van der Waals surface area contributed by atoms with E-state index in [-0.39, 0.29) is 5.56 Å². The number of hydrogen-bond donors (Lipinski definition) is 0. The molecule has 0 amide bonds. The first-order valence-electron chi connectivity index (χ1n) is 7.70. The number of fused-ring (bicyclic) bond motifs is 1. The van der Waals surface area contributed by atoms with Gasteiger partial charge in [-0.3, -0.25) is 0 Å². The Kier molecular flexibility index (Phi) is 4.47. The van der Waals surface area contributed by atoms with Gasteiger partial charge in [-0.2, -0.15) is 0 Å². The summed E-state index contributed by atoms with van der Waals surface area (Å²) in [6.07, 6.45) is 0. The van der Waals surface area contributed by atoms with Crippen molar-refractivity contribution in [1.29, 1.82) is 0 Å². The molecule has 1 heterocycles. The van der Waals surface area contributed by atoms with Crippen LogP contribution in [0.3, 0.4) is 0 Å². The molecule has 1 atom stereocenters. The predicted molar refractivity (Wildman–Crippen MR) is 95.0 cm³/mol. The van der Waals surface area contributed by atoms with Crippen molar-refractivity contribution in [2.75, 3.05) is 7.11 Å². The Morgan fingerprint density at radius 1 is 0.963 bits per heavy atom. The summed E-state index contributed by atoms with van der Waals surface area (Å²) >= 11 is 0. The molecule has 1 aliphatic heterocycles. The standard InChI is InChI=1S/C18H15FO6S2/c1-12(17(20)25-2)16(13-8-4-3-5-9-13)18(19)26(21,22)14-10-6-7-11-15(14)27(18,23)24/h3-11,16H,1H2,2H3/t16-/m0/s1. The first-order valence-corrected chi connectivity index (χ1v) is 10.7. The zero-order valence-corrected chi connectivity index (χ0v) is 15.8. The Balaban J connectivity index is 2.39. The first kappa shape index (κ1) is 19.2. The fourth-order valence-electron chi connectivity index (χ4n) is 3.15. The lowest BCUT2D eigenvalue weighted by Crippen LogP contribution is -2.44. The molecule has 27 heavy (non-hydrogen) atoms. The molecule has 0 fully saturated rings. The topological polar surface area (TPSA) is 94.6 Å². The van der Waals surface area contributed by atoms with E-state index in [1.807, 2.05) is 0 Å². The van der Waals surface area contributed by atoms with Gasteiger partial charge >= 0.3 is 10.3 Å². The second-order valence-electron chi connectivity index (χ2n) is 5.90.